The van der Waals surface area contributed by atoms with Crippen molar-refractivity contribution in [2.45, 2.75) is 76.9 Å². The minimum atomic E-state index is -0.724. The number of nitrogens with one attached hydrogen (secondary N) is 1. The van der Waals surface area contributed by atoms with E-state index in [9.17, 15) is 19.2 Å². The Labute approximate surface area is 230 Å². The molecule has 3 heterocycles. The summed E-state index contributed by atoms with van der Waals surface area (Å²) in [4.78, 5) is 56.0. The third-order valence-corrected chi connectivity index (χ3v) is 7.28. The lowest BCUT2D eigenvalue weighted by Gasteiger charge is -2.43. The average Bonchev–Trinajstić information content (AvgIpc) is 2.83. The van der Waals surface area contributed by atoms with E-state index in [2.05, 4.69) is 10.2 Å². The van der Waals surface area contributed by atoms with E-state index in [1.165, 1.54) is 4.90 Å². The van der Waals surface area contributed by atoms with Crippen molar-refractivity contribution in [2.75, 3.05) is 50.1 Å². The number of piperidine rings is 2. The number of para-hydroxylation sites is 1. The summed E-state index contributed by atoms with van der Waals surface area (Å²) in [5.74, 6) is -0.764. The van der Waals surface area contributed by atoms with Gasteiger partial charge in [0.15, 0.2) is 0 Å². The van der Waals surface area contributed by atoms with Crippen molar-refractivity contribution in [3.63, 3.8) is 0 Å². The fourth-order valence-corrected chi connectivity index (χ4v) is 5.43. The van der Waals surface area contributed by atoms with Crippen LogP contribution in [0, 0.1) is 0 Å². The Morgan fingerprint density at radius 2 is 1.79 bits per heavy atom. The predicted octanol–water partition coefficient (Wildman–Crippen LogP) is 2.12. The highest BCUT2D eigenvalue weighted by atomic mass is 16.6. The number of amides is 4. The highest BCUT2D eigenvalue weighted by Crippen LogP contribution is 2.35. The van der Waals surface area contributed by atoms with Gasteiger partial charge in [-0.1, -0.05) is 12.1 Å². The van der Waals surface area contributed by atoms with Gasteiger partial charge < -0.3 is 24.2 Å². The molecule has 4 amide bonds. The molecule has 1 aromatic rings. The van der Waals surface area contributed by atoms with Gasteiger partial charge in [-0.25, -0.2) is 4.79 Å². The van der Waals surface area contributed by atoms with Crippen molar-refractivity contribution in [1.29, 1.82) is 0 Å². The van der Waals surface area contributed by atoms with Gasteiger partial charge in [0.1, 0.15) is 11.6 Å². The molecule has 1 N–H and O–H groups in total. The van der Waals surface area contributed by atoms with E-state index in [-0.39, 0.29) is 30.6 Å². The van der Waals surface area contributed by atoms with E-state index in [4.69, 9.17) is 9.47 Å². The lowest BCUT2D eigenvalue weighted by Crippen LogP contribution is -2.54. The normalized spacial score (nSPS) is 21.3. The molecule has 214 valence electrons. The third kappa shape index (κ3) is 7.07. The molecular formula is C28H41N5O6. The summed E-state index contributed by atoms with van der Waals surface area (Å²) < 4.78 is 11.8. The third-order valence-electron chi connectivity index (χ3n) is 7.28. The van der Waals surface area contributed by atoms with Gasteiger partial charge in [-0.15, -0.1) is 0 Å². The second kappa shape index (κ2) is 11.9. The highest BCUT2D eigenvalue weighted by molar-refractivity contribution is 6.04. The van der Waals surface area contributed by atoms with Gasteiger partial charge >= 0.3 is 6.09 Å². The minimum Gasteiger partial charge on any atom is -0.444 e. The highest BCUT2D eigenvalue weighted by Gasteiger charge is 2.35. The van der Waals surface area contributed by atoms with Gasteiger partial charge in [0.05, 0.1) is 23.6 Å². The molecule has 0 saturated carbocycles. The molecule has 3 fully saturated rings. The van der Waals surface area contributed by atoms with E-state index in [1.807, 2.05) is 58.0 Å². The molecule has 0 spiro atoms. The zero-order valence-corrected chi connectivity index (χ0v) is 23.6. The Morgan fingerprint density at radius 3 is 2.38 bits per heavy atom. The van der Waals surface area contributed by atoms with Gasteiger partial charge in [0.2, 0.25) is 18.2 Å². The first-order valence-electron chi connectivity index (χ1n) is 13.7. The van der Waals surface area contributed by atoms with Crippen LogP contribution < -0.4 is 15.1 Å². The maximum absolute atomic E-state index is 12.5. The van der Waals surface area contributed by atoms with Crippen molar-refractivity contribution in [3.05, 3.63) is 23.8 Å². The Kier molecular flexibility index (Phi) is 8.80. The lowest BCUT2D eigenvalue weighted by atomic mass is 10.0. The number of carbonyl (C=O) groups excluding carboxylic acids is 4. The van der Waals surface area contributed by atoms with Crippen LogP contribution in [0.1, 0.15) is 52.0 Å². The van der Waals surface area contributed by atoms with Crippen LogP contribution in [0.25, 0.3) is 0 Å². The molecule has 1 unspecified atom stereocenters. The number of rotatable bonds is 8. The number of benzene rings is 1. The Morgan fingerprint density at radius 1 is 1.10 bits per heavy atom. The van der Waals surface area contributed by atoms with Crippen LogP contribution in [0.3, 0.4) is 0 Å². The number of anilines is 2. The Bertz CT molecular complexity index is 1070. The van der Waals surface area contributed by atoms with Crippen molar-refractivity contribution in [3.8, 4) is 0 Å². The molecule has 1 atom stereocenters. The molecule has 3 aliphatic heterocycles. The quantitative estimate of drug-likeness (QED) is 0.392. The molecule has 39 heavy (non-hydrogen) atoms. The fourth-order valence-electron chi connectivity index (χ4n) is 5.43. The van der Waals surface area contributed by atoms with Crippen LogP contribution >= 0.6 is 0 Å². The molecular weight excluding hydrogens is 502 g/mol. The van der Waals surface area contributed by atoms with Crippen LogP contribution in [0.4, 0.5) is 16.2 Å². The van der Waals surface area contributed by atoms with E-state index >= 15 is 0 Å². The summed E-state index contributed by atoms with van der Waals surface area (Å²) in [6, 6.07) is 5.04. The van der Waals surface area contributed by atoms with Crippen molar-refractivity contribution >= 4 is 35.7 Å². The topological polar surface area (TPSA) is 112 Å². The first kappa shape index (κ1) is 28.8. The zero-order chi connectivity index (χ0) is 28.3. The first-order chi connectivity index (χ1) is 18.4. The number of likely N-dealkylation sites (tertiary alicyclic amines) is 2. The minimum absolute atomic E-state index is 0.131. The summed E-state index contributed by atoms with van der Waals surface area (Å²) in [7, 11) is 3.84. The Hall–Kier alpha value is -3.18. The number of ether oxygens (including phenoxy) is 2. The van der Waals surface area contributed by atoms with Crippen LogP contribution in [-0.2, 0) is 30.4 Å². The van der Waals surface area contributed by atoms with E-state index < -0.39 is 17.6 Å². The molecule has 11 nitrogen and oxygen atoms in total. The van der Waals surface area contributed by atoms with Crippen molar-refractivity contribution < 1.29 is 28.7 Å². The monoisotopic (exact) mass is 543 g/mol. The standard InChI is InChI=1S/C28H41N5O6/c1-28(2,3)39-27(37)32-13-11-20(12-14-32)38-21-16-31(17-21)15-19-7-6-8-22(25(19)30(4)5)33(18-34)23-9-10-24(35)29-26(23)36/h6-8,18,20-21,23H,9-17H2,1-5H3,(H,29,35,36). The largest absolute Gasteiger partial charge is 0.444 e. The summed E-state index contributed by atoms with van der Waals surface area (Å²) in [5.41, 5.74) is 2.06. The zero-order valence-electron chi connectivity index (χ0n) is 23.6. The smallest absolute Gasteiger partial charge is 0.410 e. The summed E-state index contributed by atoms with van der Waals surface area (Å²) >= 11 is 0. The second-order valence-corrected chi connectivity index (χ2v) is 11.8. The molecule has 0 aliphatic carbocycles. The lowest BCUT2D eigenvalue weighted by molar-refractivity contribution is -0.134. The molecule has 3 saturated heterocycles. The maximum Gasteiger partial charge on any atom is 0.410 e. The molecule has 0 aromatic heterocycles. The number of carbonyl (C=O) groups is 4. The van der Waals surface area contributed by atoms with Crippen LogP contribution in [0.15, 0.2) is 18.2 Å². The first-order valence-corrected chi connectivity index (χ1v) is 13.7. The maximum atomic E-state index is 12.5. The molecule has 0 bridgehead atoms. The Balaban J connectivity index is 1.32. The molecule has 11 heteroatoms. The van der Waals surface area contributed by atoms with Crippen LogP contribution in [-0.4, -0.2) is 98.2 Å². The number of hydrogen-bond acceptors (Lipinski definition) is 8. The summed E-state index contributed by atoms with van der Waals surface area (Å²) in [6.45, 7) is 9.17. The van der Waals surface area contributed by atoms with Gasteiger partial charge in [0.25, 0.3) is 0 Å². The molecule has 0 radical (unpaired) electrons. The number of nitrogens with zero attached hydrogens (tertiary/aromatic N) is 4. The van der Waals surface area contributed by atoms with E-state index in [1.54, 1.807) is 4.90 Å². The molecule has 1 aromatic carbocycles. The fraction of sp³-hybridized carbons (Fsp3) is 0.643. The van der Waals surface area contributed by atoms with Gasteiger partial charge in [-0.05, 0) is 51.7 Å². The SMILES string of the molecule is CN(C)c1c(CN2CC(OC3CCN(C(=O)OC(C)(C)C)CC3)C2)cccc1N(C=O)C1CCC(=O)NC1=O. The van der Waals surface area contributed by atoms with Crippen molar-refractivity contribution in [2.24, 2.45) is 0 Å². The number of imide groups is 1. The number of hydrogen-bond donors (Lipinski definition) is 1. The predicted molar refractivity (Wildman–Crippen MR) is 146 cm³/mol. The van der Waals surface area contributed by atoms with Gasteiger partial charge in [-0.2, -0.15) is 0 Å². The van der Waals surface area contributed by atoms with E-state index in [0.29, 0.717) is 38.2 Å². The van der Waals surface area contributed by atoms with Crippen LogP contribution in [0.2, 0.25) is 0 Å². The summed E-state index contributed by atoms with van der Waals surface area (Å²) in [5, 5.41) is 2.34. The van der Waals surface area contributed by atoms with Gasteiger partial charge in [0, 0.05) is 53.2 Å². The van der Waals surface area contributed by atoms with Crippen molar-refractivity contribution in [1.82, 2.24) is 15.1 Å². The molecule has 3 aliphatic rings. The van der Waals surface area contributed by atoms with Gasteiger partial charge in [-0.3, -0.25) is 24.6 Å². The molecule has 4 rings (SSSR count). The second-order valence-electron chi connectivity index (χ2n) is 11.8. The summed E-state index contributed by atoms with van der Waals surface area (Å²) in [6.07, 6.45) is 2.77. The van der Waals surface area contributed by atoms with Crippen LogP contribution in [0.5, 0.6) is 0 Å². The average molecular weight is 544 g/mol. The van der Waals surface area contributed by atoms with E-state index in [0.717, 1.165) is 37.2 Å².